The van der Waals surface area contributed by atoms with Crippen LogP contribution < -0.4 is 9.47 Å². The minimum atomic E-state index is -3.85. The van der Waals surface area contributed by atoms with Gasteiger partial charge < -0.3 is 9.47 Å². The quantitative estimate of drug-likeness (QED) is 0.341. The van der Waals surface area contributed by atoms with Crippen molar-refractivity contribution in [2.75, 3.05) is 32.8 Å². The van der Waals surface area contributed by atoms with E-state index in [4.69, 9.17) is 9.47 Å². The van der Waals surface area contributed by atoms with E-state index in [1.165, 1.54) is 24.3 Å². The number of hydrogen-bond acceptors (Lipinski definition) is 6. The number of likely N-dealkylation sites (tertiary alicyclic amines) is 1. The first kappa shape index (κ1) is 28.1. The van der Waals surface area contributed by atoms with Crippen LogP contribution in [0, 0.1) is 11.2 Å². The van der Waals surface area contributed by atoms with Crippen LogP contribution in [0.25, 0.3) is 11.1 Å². The van der Waals surface area contributed by atoms with Crippen LogP contribution >= 0.6 is 0 Å². The van der Waals surface area contributed by atoms with Gasteiger partial charge in [-0.2, -0.15) is 0 Å². The van der Waals surface area contributed by atoms with Crippen molar-refractivity contribution in [2.45, 2.75) is 44.6 Å². The second-order valence-electron chi connectivity index (χ2n) is 10.5. The number of carbonyl (C=O) groups is 1. The van der Waals surface area contributed by atoms with Gasteiger partial charge in [0.1, 0.15) is 17.3 Å². The lowest BCUT2D eigenvalue weighted by Gasteiger charge is -2.38. The number of rotatable bonds is 9. The normalized spacial score (nSPS) is 17.4. The molecule has 212 valence electrons. The molecule has 2 saturated heterocycles. The van der Waals surface area contributed by atoms with Crippen LogP contribution in [0.5, 0.6) is 11.5 Å². The van der Waals surface area contributed by atoms with E-state index in [9.17, 15) is 17.6 Å². The fourth-order valence-electron chi connectivity index (χ4n) is 5.75. The van der Waals surface area contributed by atoms with Crippen molar-refractivity contribution in [3.63, 3.8) is 0 Å². The van der Waals surface area contributed by atoms with Crippen LogP contribution in [0.1, 0.15) is 38.7 Å². The number of amides is 1. The molecule has 40 heavy (non-hydrogen) atoms. The fourth-order valence-corrected chi connectivity index (χ4v) is 7.28. The molecule has 2 aliphatic heterocycles. The zero-order chi connectivity index (χ0) is 28.3. The standard InChI is InChI=1S/C31H35FN2O5S/c1-3-38-27-18-23(19-28(39-4-2)30(27)24-10-12-25(32)13-11-24)21-33-16-14-31(15-17-33)20-29(35)34(22-31)40(36,37)26-8-6-5-7-9-26/h5-13,18-19H,3-4,14-17,20-22H2,1-2H3. The topological polar surface area (TPSA) is 76.2 Å². The Bertz CT molecular complexity index is 1430. The lowest BCUT2D eigenvalue weighted by atomic mass is 9.77. The summed E-state index contributed by atoms with van der Waals surface area (Å²) >= 11 is 0. The maximum Gasteiger partial charge on any atom is 0.266 e. The van der Waals surface area contributed by atoms with Gasteiger partial charge in [0, 0.05) is 24.9 Å². The third-order valence-electron chi connectivity index (χ3n) is 7.80. The average Bonchev–Trinajstić information content (AvgIpc) is 3.28. The maximum atomic E-state index is 13.6. The monoisotopic (exact) mass is 566 g/mol. The summed E-state index contributed by atoms with van der Waals surface area (Å²) in [5.41, 5.74) is 2.31. The molecule has 1 spiro atoms. The largest absolute Gasteiger partial charge is 0.493 e. The number of halogens is 1. The number of hydrogen-bond donors (Lipinski definition) is 0. The summed E-state index contributed by atoms with van der Waals surface area (Å²) in [5.74, 6) is 0.749. The Kier molecular flexibility index (Phi) is 8.14. The van der Waals surface area contributed by atoms with Gasteiger partial charge in [0.05, 0.1) is 23.7 Å². The van der Waals surface area contributed by atoms with Crippen molar-refractivity contribution >= 4 is 15.9 Å². The number of sulfonamides is 1. The van der Waals surface area contributed by atoms with Gasteiger partial charge in [-0.1, -0.05) is 30.3 Å². The zero-order valence-corrected chi connectivity index (χ0v) is 23.8. The van der Waals surface area contributed by atoms with Gasteiger partial charge in [0.2, 0.25) is 5.91 Å². The van der Waals surface area contributed by atoms with E-state index in [0.717, 1.165) is 46.9 Å². The second-order valence-corrected chi connectivity index (χ2v) is 12.4. The van der Waals surface area contributed by atoms with E-state index in [0.29, 0.717) is 31.3 Å². The van der Waals surface area contributed by atoms with Gasteiger partial charge in [-0.05, 0) is 87.3 Å². The zero-order valence-electron chi connectivity index (χ0n) is 22.9. The lowest BCUT2D eigenvalue weighted by molar-refractivity contribution is -0.124. The smallest absolute Gasteiger partial charge is 0.266 e. The summed E-state index contributed by atoms with van der Waals surface area (Å²) in [6.07, 6.45) is 1.73. The molecule has 5 rings (SSSR count). The third kappa shape index (κ3) is 5.71. The van der Waals surface area contributed by atoms with E-state index in [-0.39, 0.29) is 35.0 Å². The van der Waals surface area contributed by atoms with Crippen LogP contribution in [0.2, 0.25) is 0 Å². The van der Waals surface area contributed by atoms with Gasteiger partial charge in [0.25, 0.3) is 10.0 Å². The molecular weight excluding hydrogens is 531 g/mol. The van der Waals surface area contributed by atoms with Crippen molar-refractivity contribution in [1.29, 1.82) is 0 Å². The predicted molar refractivity (Wildman–Crippen MR) is 151 cm³/mol. The van der Waals surface area contributed by atoms with Crippen molar-refractivity contribution < 1.29 is 27.1 Å². The van der Waals surface area contributed by atoms with Crippen molar-refractivity contribution in [3.8, 4) is 22.6 Å². The van der Waals surface area contributed by atoms with Crippen LogP contribution in [-0.2, 0) is 21.4 Å². The Morgan fingerprint density at radius 2 is 1.50 bits per heavy atom. The van der Waals surface area contributed by atoms with E-state index in [1.807, 2.05) is 26.0 Å². The first-order valence-corrected chi connectivity index (χ1v) is 15.2. The third-order valence-corrected chi connectivity index (χ3v) is 9.58. The van der Waals surface area contributed by atoms with Crippen LogP contribution in [0.3, 0.4) is 0 Å². The Hall–Kier alpha value is -3.43. The molecule has 7 nitrogen and oxygen atoms in total. The summed E-state index contributed by atoms with van der Waals surface area (Å²) in [4.78, 5) is 15.4. The molecule has 2 heterocycles. The molecule has 0 unspecified atom stereocenters. The Balaban J connectivity index is 1.31. The molecule has 3 aromatic rings. The molecule has 0 bridgehead atoms. The number of carbonyl (C=O) groups excluding carboxylic acids is 1. The molecular formula is C31H35FN2O5S. The maximum absolute atomic E-state index is 13.6. The van der Waals surface area contributed by atoms with E-state index >= 15 is 0 Å². The Morgan fingerprint density at radius 1 is 0.900 bits per heavy atom. The Morgan fingerprint density at radius 3 is 2.08 bits per heavy atom. The first-order chi connectivity index (χ1) is 19.2. The molecule has 1 amide bonds. The molecule has 2 fully saturated rings. The lowest BCUT2D eigenvalue weighted by Crippen LogP contribution is -2.42. The molecule has 0 aromatic heterocycles. The predicted octanol–water partition coefficient (Wildman–Crippen LogP) is 5.49. The highest BCUT2D eigenvalue weighted by Crippen LogP contribution is 2.44. The molecule has 0 aliphatic carbocycles. The van der Waals surface area contributed by atoms with Gasteiger partial charge in [0.15, 0.2) is 0 Å². The molecule has 0 radical (unpaired) electrons. The number of nitrogens with zero attached hydrogens (tertiary/aromatic N) is 2. The SMILES string of the molecule is CCOc1cc(CN2CCC3(CC2)CC(=O)N(S(=O)(=O)c2ccccc2)C3)cc(OCC)c1-c1ccc(F)cc1. The minimum absolute atomic E-state index is 0.150. The van der Waals surface area contributed by atoms with E-state index in [1.54, 1.807) is 30.3 Å². The van der Waals surface area contributed by atoms with E-state index < -0.39 is 10.0 Å². The summed E-state index contributed by atoms with van der Waals surface area (Å²) in [5, 5.41) is 0. The van der Waals surface area contributed by atoms with Crippen LogP contribution in [-0.4, -0.2) is 56.4 Å². The highest BCUT2D eigenvalue weighted by Gasteiger charge is 2.49. The number of ether oxygens (including phenoxy) is 2. The van der Waals surface area contributed by atoms with Crippen molar-refractivity contribution in [2.24, 2.45) is 5.41 Å². The minimum Gasteiger partial charge on any atom is -0.493 e. The van der Waals surface area contributed by atoms with Gasteiger partial charge in [-0.25, -0.2) is 17.1 Å². The van der Waals surface area contributed by atoms with Crippen LogP contribution in [0.4, 0.5) is 4.39 Å². The summed E-state index contributed by atoms with van der Waals surface area (Å²) in [6, 6.07) is 18.5. The van der Waals surface area contributed by atoms with Crippen molar-refractivity contribution in [1.82, 2.24) is 9.21 Å². The molecule has 2 aliphatic rings. The van der Waals surface area contributed by atoms with Crippen LogP contribution in [0.15, 0.2) is 71.6 Å². The average molecular weight is 567 g/mol. The first-order valence-electron chi connectivity index (χ1n) is 13.8. The van der Waals surface area contributed by atoms with Crippen molar-refractivity contribution in [3.05, 3.63) is 78.1 Å². The van der Waals surface area contributed by atoms with Gasteiger partial charge in [-0.15, -0.1) is 0 Å². The van der Waals surface area contributed by atoms with Gasteiger partial charge >= 0.3 is 0 Å². The van der Waals surface area contributed by atoms with Gasteiger partial charge in [-0.3, -0.25) is 9.69 Å². The molecule has 3 aromatic carbocycles. The summed E-state index contributed by atoms with van der Waals surface area (Å²) in [6.45, 7) is 7.20. The molecule has 0 atom stereocenters. The molecule has 9 heteroatoms. The Labute approximate surface area is 235 Å². The molecule has 0 N–H and O–H groups in total. The molecule has 0 saturated carbocycles. The summed E-state index contributed by atoms with van der Waals surface area (Å²) < 4.78 is 53.0. The number of benzene rings is 3. The second kappa shape index (κ2) is 11.6. The number of piperidine rings is 1. The highest BCUT2D eigenvalue weighted by molar-refractivity contribution is 7.89. The fraction of sp³-hybridized carbons (Fsp3) is 0.387. The highest BCUT2D eigenvalue weighted by atomic mass is 32.2. The van der Waals surface area contributed by atoms with E-state index in [2.05, 4.69) is 4.90 Å². The summed E-state index contributed by atoms with van der Waals surface area (Å²) in [7, 11) is -3.85.